The minimum Gasteiger partial charge on any atom is -0.342 e. The van der Waals surface area contributed by atoms with Crippen molar-refractivity contribution in [2.75, 3.05) is 0 Å². The van der Waals surface area contributed by atoms with Gasteiger partial charge in [0.1, 0.15) is 0 Å². The van der Waals surface area contributed by atoms with Crippen LogP contribution in [0.4, 0.5) is 0 Å². The van der Waals surface area contributed by atoms with Gasteiger partial charge in [0, 0.05) is 22.3 Å². The molecule has 5 nitrogen and oxygen atoms in total. The molecule has 0 spiro atoms. The molecular formula is C23H23Cl3N4OS. The third kappa shape index (κ3) is 6.07. The molecule has 0 saturated heterocycles. The quantitative estimate of drug-likeness (QED) is 0.253. The molecule has 0 aliphatic heterocycles. The highest BCUT2D eigenvalue weighted by Crippen LogP contribution is 2.28. The summed E-state index contributed by atoms with van der Waals surface area (Å²) in [6.45, 7) is 8.41. The molecule has 32 heavy (non-hydrogen) atoms. The van der Waals surface area contributed by atoms with E-state index in [1.54, 1.807) is 36.0 Å². The minimum absolute atomic E-state index is 0.0620. The molecule has 0 unspecified atom stereocenters. The third-order valence-corrected chi connectivity index (χ3v) is 6.58. The zero-order chi connectivity index (χ0) is 23.3. The third-order valence-electron chi connectivity index (χ3n) is 4.75. The number of allylic oxidation sites excluding steroid dienone is 1. The van der Waals surface area contributed by atoms with Gasteiger partial charge in [0.05, 0.1) is 16.6 Å². The van der Waals surface area contributed by atoms with Gasteiger partial charge in [0.15, 0.2) is 11.0 Å². The molecule has 0 aliphatic rings. The van der Waals surface area contributed by atoms with E-state index in [9.17, 15) is 4.79 Å². The monoisotopic (exact) mass is 508 g/mol. The number of aromatic nitrogens is 3. The summed E-state index contributed by atoms with van der Waals surface area (Å²) < 4.78 is 1.97. The largest absolute Gasteiger partial charge is 0.342 e. The number of hydrogen-bond acceptors (Lipinski definition) is 4. The summed E-state index contributed by atoms with van der Waals surface area (Å²) in [5.74, 6) is 1.14. The number of nitrogens with zero attached hydrogens (tertiary/aromatic N) is 3. The standard InChI is InChI=1S/C23H23Cl3N4OS/c1-4-11-30-21(28-29-23(30)32-13-15-5-7-16(24)8-6-15)20(14(2)3)27-22(31)18-10-9-17(25)12-19(18)26/h4-10,12,14,20H,1,11,13H2,2-3H3,(H,27,31)/t20-/m0/s1. The van der Waals surface area contributed by atoms with Crippen LogP contribution in [-0.4, -0.2) is 20.7 Å². The van der Waals surface area contributed by atoms with Crippen LogP contribution < -0.4 is 5.32 Å². The highest BCUT2D eigenvalue weighted by Gasteiger charge is 2.27. The predicted molar refractivity (Wildman–Crippen MR) is 133 cm³/mol. The highest BCUT2D eigenvalue weighted by molar-refractivity contribution is 7.98. The molecule has 9 heteroatoms. The highest BCUT2D eigenvalue weighted by atomic mass is 35.5. The number of carbonyl (C=O) groups excluding carboxylic acids is 1. The predicted octanol–water partition coefficient (Wildman–Crippen LogP) is 6.84. The maximum Gasteiger partial charge on any atom is 0.253 e. The molecular weight excluding hydrogens is 487 g/mol. The number of halogens is 3. The lowest BCUT2D eigenvalue weighted by Crippen LogP contribution is -2.34. The van der Waals surface area contributed by atoms with Crippen molar-refractivity contribution in [1.82, 2.24) is 20.1 Å². The van der Waals surface area contributed by atoms with Gasteiger partial charge < -0.3 is 9.88 Å². The normalized spacial score (nSPS) is 12.1. The second kappa shape index (κ2) is 11.2. The van der Waals surface area contributed by atoms with Crippen molar-refractivity contribution >= 4 is 52.5 Å². The number of amides is 1. The Labute approximate surface area is 207 Å². The van der Waals surface area contributed by atoms with Crippen LogP contribution in [0.1, 0.15) is 41.6 Å². The van der Waals surface area contributed by atoms with E-state index < -0.39 is 0 Å². The van der Waals surface area contributed by atoms with E-state index in [2.05, 4.69) is 22.1 Å². The fourth-order valence-electron chi connectivity index (χ4n) is 3.09. The lowest BCUT2D eigenvalue weighted by Gasteiger charge is -2.23. The number of nitrogens with one attached hydrogen (secondary N) is 1. The molecule has 0 saturated carbocycles. The lowest BCUT2D eigenvalue weighted by atomic mass is 10.0. The smallest absolute Gasteiger partial charge is 0.253 e. The van der Waals surface area contributed by atoms with Gasteiger partial charge >= 0.3 is 0 Å². The van der Waals surface area contributed by atoms with Gasteiger partial charge in [0.2, 0.25) is 0 Å². The molecule has 3 aromatic rings. The summed E-state index contributed by atoms with van der Waals surface area (Å²) in [6, 6.07) is 12.1. The van der Waals surface area contributed by atoms with E-state index in [4.69, 9.17) is 34.8 Å². The minimum atomic E-state index is -0.369. The van der Waals surface area contributed by atoms with Crippen molar-refractivity contribution in [1.29, 1.82) is 0 Å². The first kappa shape index (κ1) is 24.6. The Morgan fingerprint density at radius 2 is 1.81 bits per heavy atom. The fourth-order valence-corrected chi connectivity index (χ4v) is 4.62. The van der Waals surface area contributed by atoms with Crippen LogP contribution >= 0.6 is 46.6 Å². The summed E-state index contributed by atoms with van der Waals surface area (Å²) in [5, 5.41) is 14.1. The van der Waals surface area contributed by atoms with Crippen molar-refractivity contribution in [2.24, 2.45) is 5.92 Å². The van der Waals surface area contributed by atoms with Gasteiger partial charge in [0.25, 0.3) is 5.91 Å². The van der Waals surface area contributed by atoms with E-state index in [0.29, 0.717) is 38.8 Å². The van der Waals surface area contributed by atoms with Crippen LogP contribution in [0, 0.1) is 5.92 Å². The van der Waals surface area contributed by atoms with Crippen molar-refractivity contribution in [3.05, 3.63) is 87.1 Å². The molecule has 1 heterocycles. The van der Waals surface area contributed by atoms with Crippen LogP contribution in [0.15, 0.2) is 60.3 Å². The molecule has 168 valence electrons. The number of thioether (sulfide) groups is 1. The summed E-state index contributed by atoms with van der Waals surface area (Å²) >= 11 is 19.7. The number of benzene rings is 2. The van der Waals surface area contributed by atoms with Crippen LogP contribution in [0.25, 0.3) is 0 Å². The summed E-state index contributed by atoms with van der Waals surface area (Å²) in [6.07, 6.45) is 1.79. The average Bonchev–Trinajstić information content (AvgIpc) is 3.13. The Morgan fingerprint density at radius 1 is 1.12 bits per heavy atom. The van der Waals surface area contributed by atoms with Crippen LogP contribution in [0.2, 0.25) is 15.1 Å². The van der Waals surface area contributed by atoms with Gasteiger partial charge in [-0.2, -0.15) is 0 Å². The van der Waals surface area contributed by atoms with Gasteiger partial charge in [-0.25, -0.2) is 0 Å². The first-order chi connectivity index (χ1) is 15.3. The average molecular weight is 510 g/mol. The number of rotatable bonds is 9. The molecule has 1 amide bonds. The lowest BCUT2D eigenvalue weighted by molar-refractivity contribution is 0.0922. The fraction of sp³-hybridized carbons (Fsp3) is 0.261. The SMILES string of the molecule is C=CCn1c(SCc2ccc(Cl)cc2)nnc1[C@@H](NC(=O)c1ccc(Cl)cc1Cl)C(C)C. The van der Waals surface area contributed by atoms with Gasteiger partial charge in [-0.05, 0) is 41.8 Å². The van der Waals surface area contributed by atoms with E-state index in [1.165, 1.54) is 0 Å². The molecule has 3 rings (SSSR count). The first-order valence-electron chi connectivity index (χ1n) is 9.97. The Hall–Kier alpha value is -1.99. The van der Waals surface area contributed by atoms with Crippen LogP contribution in [0.5, 0.6) is 0 Å². The van der Waals surface area contributed by atoms with E-state index in [0.717, 1.165) is 10.7 Å². The Morgan fingerprint density at radius 3 is 2.44 bits per heavy atom. The number of hydrogen-bond donors (Lipinski definition) is 1. The van der Waals surface area contributed by atoms with Gasteiger partial charge in [-0.15, -0.1) is 16.8 Å². The molecule has 2 aromatic carbocycles. The maximum absolute atomic E-state index is 12.9. The topological polar surface area (TPSA) is 59.8 Å². The molecule has 0 fully saturated rings. The van der Waals surface area contributed by atoms with E-state index >= 15 is 0 Å². The number of carbonyl (C=O) groups is 1. The van der Waals surface area contributed by atoms with Crippen LogP contribution in [0.3, 0.4) is 0 Å². The van der Waals surface area contributed by atoms with Crippen LogP contribution in [-0.2, 0) is 12.3 Å². The maximum atomic E-state index is 12.9. The molecule has 0 aliphatic carbocycles. The molecule has 1 N–H and O–H groups in total. The first-order valence-corrected chi connectivity index (χ1v) is 12.1. The van der Waals surface area contributed by atoms with Crippen molar-refractivity contribution in [3.8, 4) is 0 Å². The second-order valence-electron chi connectivity index (χ2n) is 7.47. The zero-order valence-electron chi connectivity index (χ0n) is 17.7. The van der Waals surface area contributed by atoms with Crippen molar-refractivity contribution in [2.45, 2.75) is 37.3 Å². The van der Waals surface area contributed by atoms with Gasteiger partial charge in [-0.1, -0.05) is 78.6 Å². The van der Waals surface area contributed by atoms with Crippen molar-refractivity contribution in [3.63, 3.8) is 0 Å². The molecule has 0 radical (unpaired) electrons. The summed E-state index contributed by atoms with van der Waals surface area (Å²) in [4.78, 5) is 12.9. The van der Waals surface area contributed by atoms with E-state index in [-0.39, 0.29) is 17.9 Å². The molecule has 1 aromatic heterocycles. The Balaban J connectivity index is 1.84. The molecule has 1 atom stereocenters. The summed E-state index contributed by atoms with van der Waals surface area (Å²) in [5.41, 5.74) is 1.48. The summed E-state index contributed by atoms with van der Waals surface area (Å²) in [7, 11) is 0. The Bertz CT molecular complexity index is 1100. The van der Waals surface area contributed by atoms with Crippen molar-refractivity contribution < 1.29 is 4.79 Å². The van der Waals surface area contributed by atoms with E-state index in [1.807, 2.05) is 42.7 Å². The second-order valence-corrected chi connectivity index (χ2v) is 9.70. The Kier molecular flexibility index (Phi) is 8.65. The molecule has 0 bridgehead atoms. The zero-order valence-corrected chi connectivity index (χ0v) is 20.8. The van der Waals surface area contributed by atoms with Gasteiger partial charge in [-0.3, -0.25) is 4.79 Å².